The summed E-state index contributed by atoms with van der Waals surface area (Å²) in [6, 6.07) is 8.40. The maximum atomic E-state index is 12.6. The van der Waals surface area contributed by atoms with E-state index in [0.717, 1.165) is 37.4 Å². The average molecular weight is 257 g/mol. The van der Waals surface area contributed by atoms with E-state index in [4.69, 9.17) is 0 Å². The van der Waals surface area contributed by atoms with E-state index in [1.807, 2.05) is 12.1 Å². The molecule has 2 nitrogen and oxygen atoms in total. The highest BCUT2D eigenvalue weighted by Crippen LogP contribution is 2.37. The van der Waals surface area contributed by atoms with Gasteiger partial charge in [0.05, 0.1) is 0 Å². The molecule has 102 valence electrons. The Bertz CT molecular complexity index is 453. The number of carbonyl (C=O) groups is 1. The Morgan fingerprint density at radius 1 is 1.21 bits per heavy atom. The van der Waals surface area contributed by atoms with Gasteiger partial charge in [-0.25, -0.2) is 0 Å². The van der Waals surface area contributed by atoms with E-state index < -0.39 is 0 Å². The monoisotopic (exact) mass is 257 g/mol. The Kier molecular flexibility index (Phi) is 3.44. The minimum atomic E-state index is -0.212. The standard InChI is InChI=1S/C17H23NO/c1-17(10-3-11-18-12-17)16(19)15-8-6-14(7-9-15)13-4-2-5-13/h6-9,13,18H,2-5,10-12H2,1H3. The quantitative estimate of drug-likeness (QED) is 0.839. The molecule has 2 fully saturated rings. The van der Waals surface area contributed by atoms with Crippen molar-refractivity contribution in [3.8, 4) is 0 Å². The molecule has 1 aliphatic carbocycles. The third kappa shape index (κ3) is 2.46. The number of Topliss-reactive ketones (excluding diaryl/α,β-unsaturated/α-hetero) is 1. The molecule has 0 amide bonds. The van der Waals surface area contributed by atoms with Gasteiger partial charge >= 0.3 is 0 Å². The van der Waals surface area contributed by atoms with Gasteiger partial charge in [-0.3, -0.25) is 4.79 Å². The van der Waals surface area contributed by atoms with Crippen LogP contribution in [0.15, 0.2) is 24.3 Å². The van der Waals surface area contributed by atoms with Crippen molar-refractivity contribution in [3.63, 3.8) is 0 Å². The molecule has 2 heteroatoms. The molecule has 0 spiro atoms. The number of hydrogen-bond donors (Lipinski definition) is 1. The zero-order chi connectivity index (χ0) is 13.3. The van der Waals surface area contributed by atoms with Gasteiger partial charge in [0, 0.05) is 17.5 Å². The SMILES string of the molecule is CC1(C(=O)c2ccc(C3CCC3)cc2)CCCNC1. The normalized spacial score (nSPS) is 27.8. The molecule has 1 aromatic rings. The molecule has 1 heterocycles. The van der Waals surface area contributed by atoms with Crippen molar-refractivity contribution >= 4 is 5.78 Å². The van der Waals surface area contributed by atoms with E-state index in [0.29, 0.717) is 5.78 Å². The number of hydrogen-bond acceptors (Lipinski definition) is 2. The lowest BCUT2D eigenvalue weighted by molar-refractivity contribution is 0.0773. The molecule has 1 N–H and O–H groups in total. The molecule has 1 aliphatic heterocycles. The van der Waals surface area contributed by atoms with Crippen molar-refractivity contribution in [3.05, 3.63) is 35.4 Å². The maximum absolute atomic E-state index is 12.6. The van der Waals surface area contributed by atoms with Crippen LogP contribution in [0.25, 0.3) is 0 Å². The third-order valence-corrected chi connectivity index (χ3v) is 4.89. The van der Waals surface area contributed by atoms with E-state index >= 15 is 0 Å². The zero-order valence-electron chi connectivity index (χ0n) is 11.7. The number of ketones is 1. The second kappa shape index (κ2) is 5.09. The van der Waals surface area contributed by atoms with Gasteiger partial charge in [0.15, 0.2) is 5.78 Å². The summed E-state index contributed by atoms with van der Waals surface area (Å²) in [7, 11) is 0. The van der Waals surface area contributed by atoms with Crippen LogP contribution in [0.2, 0.25) is 0 Å². The average Bonchev–Trinajstić information content (AvgIpc) is 2.38. The van der Waals surface area contributed by atoms with E-state index in [-0.39, 0.29) is 5.41 Å². The Labute approximate surface area is 115 Å². The van der Waals surface area contributed by atoms with Crippen LogP contribution in [-0.4, -0.2) is 18.9 Å². The van der Waals surface area contributed by atoms with Crippen LogP contribution in [0.3, 0.4) is 0 Å². The van der Waals surface area contributed by atoms with Crippen LogP contribution >= 0.6 is 0 Å². The molecule has 0 aromatic heterocycles. The molecule has 1 saturated carbocycles. The van der Waals surface area contributed by atoms with Crippen molar-refractivity contribution in [2.75, 3.05) is 13.1 Å². The van der Waals surface area contributed by atoms with Crippen molar-refractivity contribution in [2.45, 2.75) is 44.9 Å². The Morgan fingerprint density at radius 3 is 2.47 bits per heavy atom. The number of piperidine rings is 1. The fraction of sp³-hybridized carbons (Fsp3) is 0.588. The van der Waals surface area contributed by atoms with Gasteiger partial charge in [-0.15, -0.1) is 0 Å². The van der Waals surface area contributed by atoms with Gasteiger partial charge < -0.3 is 5.32 Å². The zero-order valence-corrected chi connectivity index (χ0v) is 11.7. The van der Waals surface area contributed by atoms with E-state index in [1.165, 1.54) is 24.8 Å². The van der Waals surface area contributed by atoms with Crippen molar-refractivity contribution in [1.29, 1.82) is 0 Å². The van der Waals surface area contributed by atoms with Crippen LogP contribution < -0.4 is 5.32 Å². The van der Waals surface area contributed by atoms with Crippen LogP contribution in [0.5, 0.6) is 0 Å². The third-order valence-electron chi connectivity index (χ3n) is 4.89. The van der Waals surface area contributed by atoms with Gasteiger partial charge in [-0.2, -0.15) is 0 Å². The van der Waals surface area contributed by atoms with Crippen LogP contribution in [0.1, 0.15) is 60.9 Å². The van der Waals surface area contributed by atoms with Crippen molar-refractivity contribution in [2.24, 2.45) is 5.41 Å². The molecule has 1 atom stereocenters. The first-order chi connectivity index (χ1) is 9.19. The smallest absolute Gasteiger partial charge is 0.169 e. The minimum absolute atomic E-state index is 0.212. The summed E-state index contributed by atoms with van der Waals surface area (Å²) in [4.78, 5) is 12.6. The highest BCUT2D eigenvalue weighted by molar-refractivity contribution is 6.00. The highest BCUT2D eigenvalue weighted by Gasteiger charge is 2.35. The highest BCUT2D eigenvalue weighted by atomic mass is 16.1. The first-order valence-corrected chi connectivity index (χ1v) is 7.54. The molecule has 0 bridgehead atoms. The van der Waals surface area contributed by atoms with Crippen LogP contribution in [-0.2, 0) is 0 Å². The summed E-state index contributed by atoms with van der Waals surface area (Å²) in [6.45, 7) is 3.96. The summed E-state index contributed by atoms with van der Waals surface area (Å²) in [6.07, 6.45) is 6.09. The largest absolute Gasteiger partial charge is 0.316 e. The Hall–Kier alpha value is -1.15. The summed E-state index contributed by atoms with van der Waals surface area (Å²) in [5.74, 6) is 1.05. The summed E-state index contributed by atoms with van der Waals surface area (Å²) in [5.41, 5.74) is 2.08. The molecule has 19 heavy (non-hydrogen) atoms. The lowest BCUT2D eigenvalue weighted by atomic mass is 9.75. The predicted octanol–water partition coefficient (Wildman–Crippen LogP) is 3.53. The summed E-state index contributed by atoms with van der Waals surface area (Å²) < 4.78 is 0. The number of nitrogens with one attached hydrogen (secondary N) is 1. The lowest BCUT2D eigenvalue weighted by Gasteiger charge is -2.33. The molecular weight excluding hydrogens is 234 g/mol. The molecule has 1 unspecified atom stereocenters. The molecule has 3 rings (SSSR count). The molecule has 1 saturated heterocycles. The fourth-order valence-electron chi connectivity index (χ4n) is 3.25. The van der Waals surface area contributed by atoms with Gasteiger partial charge in [0.2, 0.25) is 0 Å². The minimum Gasteiger partial charge on any atom is -0.316 e. The summed E-state index contributed by atoms with van der Waals surface area (Å²) in [5, 5.41) is 3.35. The van der Waals surface area contributed by atoms with Gasteiger partial charge in [-0.1, -0.05) is 37.6 Å². The number of rotatable bonds is 3. The first-order valence-electron chi connectivity index (χ1n) is 7.54. The van der Waals surface area contributed by atoms with E-state index in [2.05, 4.69) is 24.4 Å². The number of benzene rings is 1. The Balaban J connectivity index is 1.75. The predicted molar refractivity (Wildman–Crippen MR) is 77.6 cm³/mol. The maximum Gasteiger partial charge on any atom is 0.169 e. The molecule has 2 aliphatic rings. The van der Waals surface area contributed by atoms with Crippen molar-refractivity contribution in [1.82, 2.24) is 5.32 Å². The second-order valence-corrected chi connectivity index (χ2v) is 6.42. The lowest BCUT2D eigenvalue weighted by Crippen LogP contribution is -2.43. The Morgan fingerprint density at radius 2 is 1.95 bits per heavy atom. The molecule has 1 aromatic carbocycles. The van der Waals surface area contributed by atoms with Gasteiger partial charge in [0.1, 0.15) is 0 Å². The number of carbonyl (C=O) groups excluding carboxylic acids is 1. The van der Waals surface area contributed by atoms with Gasteiger partial charge in [0.25, 0.3) is 0 Å². The summed E-state index contributed by atoms with van der Waals surface area (Å²) >= 11 is 0. The van der Waals surface area contributed by atoms with Crippen molar-refractivity contribution < 1.29 is 4.79 Å². The van der Waals surface area contributed by atoms with E-state index in [9.17, 15) is 4.79 Å². The van der Waals surface area contributed by atoms with Gasteiger partial charge in [-0.05, 0) is 43.7 Å². The fourth-order valence-corrected chi connectivity index (χ4v) is 3.25. The van der Waals surface area contributed by atoms with Crippen LogP contribution in [0.4, 0.5) is 0 Å². The van der Waals surface area contributed by atoms with E-state index in [1.54, 1.807) is 0 Å². The van der Waals surface area contributed by atoms with Crippen LogP contribution in [0, 0.1) is 5.41 Å². The topological polar surface area (TPSA) is 29.1 Å². The second-order valence-electron chi connectivity index (χ2n) is 6.42. The molecule has 0 radical (unpaired) electrons. The molecular formula is C17H23NO. The first kappa shape index (κ1) is 12.9.